The lowest BCUT2D eigenvalue weighted by molar-refractivity contribution is 0.0903. The maximum atomic E-state index is 12.0. The first kappa shape index (κ1) is 15.7. The molecule has 20 heavy (non-hydrogen) atoms. The number of aromatic nitrogens is 2. The van der Waals surface area contributed by atoms with Gasteiger partial charge in [-0.05, 0) is 24.4 Å². The van der Waals surface area contributed by atoms with Crippen molar-refractivity contribution in [3.63, 3.8) is 0 Å². The van der Waals surface area contributed by atoms with E-state index >= 15 is 0 Å². The minimum absolute atomic E-state index is 0.224. The van der Waals surface area contributed by atoms with E-state index in [1.165, 1.54) is 0 Å². The van der Waals surface area contributed by atoms with E-state index in [1.54, 1.807) is 0 Å². The predicted molar refractivity (Wildman–Crippen MR) is 80.8 cm³/mol. The molecule has 1 fully saturated rings. The van der Waals surface area contributed by atoms with Crippen LogP contribution in [0.2, 0.25) is 5.28 Å². The molecule has 3 rings (SSSR count). The molecule has 0 aromatic carbocycles. The zero-order chi connectivity index (χ0) is 14.5. The SMILES string of the molecule is CC.O=S1CCc2nc(Cl)nc(NC3CCOCC3)c21. The first-order valence-corrected chi connectivity index (χ1v) is 8.73. The highest BCUT2D eigenvalue weighted by Gasteiger charge is 2.27. The number of nitrogens with one attached hydrogen (secondary N) is 1. The fraction of sp³-hybridized carbons (Fsp3) is 0.692. The molecule has 1 unspecified atom stereocenters. The summed E-state index contributed by atoms with van der Waals surface area (Å²) in [6.45, 7) is 5.50. The number of ether oxygens (including phenoxy) is 1. The Kier molecular flexibility index (Phi) is 5.74. The number of anilines is 1. The molecule has 1 aromatic rings. The Morgan fingerprint density at radius 1 is 1.30 bits per heavy atom. The number of fused-ring (bicyclic) bond motifs is 1. The van der Waals surface area contributed by atoms with Crippen molar-refractivity contribution in [1.82, 2.24) is 9.97 Å². The first-order valence-electron chi connectivity index (χ1n) is 7.03. The van der Waals surface area contributed by atoms with Crippen molar-refractivity contribution >= 4 is 28.2 Å². The molecule has 1 aromatic heterocycles. The standard InChI is InChI=1S/C11H14ClN3O2S.C2H6/c12-11-14-8-3-6-18(16)9(8)10(15-11)13-7-1-4-17-5-2-7;1-2/h7H,1-6H2,(H,13,14,15);1-2H3. The summed E-state index contributed by atoms with van der Waals surface area (Å²) in [7, 11) is -0.999. The van der Waals surface area contributed by atoms with Crippen LogP contribution in [0.25, 0.3) is 0 Å². The predicted octanol–water partition coefficient (Wildman–Crippen LogP) is 2.41. The average Bonchev–Trinajstić information content (AvgIpc) is 2.83. The van der Waals surface area contributed by atoms with E-state index in [-0.39, 0.29) is 5.28 Å². The largest absolute Gasteiger partial charge is 0.381 e. The number of nitrogens with zero attached hydrogens (tertiary/aromatic N) is 2. The minimum Gasteiger partial charge on any atom is -0.381 e. The summed E-state index contributed by atoms with van der Waals surface area (Å²) in [5, 5.41) is 3.57. The van der Waals surface area contributed by atoms with Gasteiger partial charge >= 0.3 is 0 Å². The van der Waals surface area contributed by atoms with Crippen LogP contribution in [0.3, 0.4) is 0 Å². The molecule has 0 aliphatic carbocycles. The average molecular weight is 318 g/mol. The monoisotopic (exact) mass is 317 g/mol. The molecule has 0 amide bonds. The third-order valence-corrected chi connectivity index (χ3v) is 4.85. The van der Waals surface area contributed by atoms with Gasteiger partial charge in [-0.15, -0.1) is 0 Å². The number of rotatable bonds is 2. The fourth-order valence-electron chi connectivity index (χ4n) is 2.30. The second-order valence-corrected chi connectivity index (χ2v) is 6.29. The van der Waals surface area contributed by atoms with E-state index in [9.17, 15) is 4.21 Å². The molecule has 2 aliphatic heterocycles. The Balaban J connectivity index is 0.000000704. The van der Waals surface area contributed by atoms with Crippen molar-refractivity contribution in [3.8, 4) is 0 Å². The summed E-state index contributed by atoms with van der Waals surface area (Å²) in [6, 6.07) is 0.311. The third kappa shape index (κ3) is 3.48. The number of aryl methyl sites for hydroxylation is 1. The maximum absolute atomic E-state index is 12.0. The summed E-state index contributed by atoms with van der Waals surface area (Å²) in [5.41, 5.74) is 0.822. The Bertz CT molecular complexity index is 493. The van der Waals surface area contributed by atoms with Gasteiger partial charge in [0.15, 0.2) is 0 Å². The van der Waals surface area contributed by atoms with Gasteiger partial charge in [0.25, 0.3) is 0 Å². The molecule has 1 atom stereocenters. The van der Waals surface area contributed by atoms with Crippen LogP contribution < -0.4 is 5.32 Å². The van der Waals surface area contributed by atoms with Gasteiger partial charge in [-0.2, -0.15) is 4.98 Å². The maximum Gasteiger partial charge on any atom is 0.224 e. The van der Waals surface area contributed by atoms with Gasteiger partial charge in [-0.3, -0.25) is 4.21 Å². The molecule has 1 saturated heterocycles. The second kappa shape index (κ2) is 7.33. The van der Waals surface area contributed by atoms with Gasteiger partial charge < -0.3 is 10.1 Å². The highest BCUT2D eigenvalue weighted by molar-refractivity contribution is 7.85. The van der Waals surface area contributed by atoms with Crippen LogP contribution in [0.15, 0.2) is 4.90 Å². The van der Waals surface area contributed by atoms with Crippen LogP contribution in [0.4, 0.5) is 5.82 Å². The van der Waals surface area contributed by atoms with Crippen LogP contribution in [0.5, 0.6) is 0 Å². The number of halogens is 1. The van der Waals surface area contributed by atoms with E-state index in [2.05, 4.69) is 15.3 Å². The molecular formula is C13H20ClN3O2S. The van der Waals surface area contributed by atoms with Crippen molar-refractivity contribution in [2.24, 2.45) is 0 Å². The highest BCUT2D eigenvalue weighted by Crippen LogP contribution is 2.29. The molecule has 112 valence electrons. The fourth-order valence-corrected chi connectivity index (χ4v) is 3.80. The Morgan fingerprint density at radius 3 is 2.70 bits per heavy atom. The van der Waals surface area contributed by atoms with Crippen LogP contribution in [0.1, 0.15) is 32.4 Å². The molecule has 7 heteroatoms. The summed E-state index contributed by atoms with van der Waals surface area (Å²) >= 11 is 5.91. The van der Waals surface area contributed by atoms with E-state index < -0.39 is 10.8 Å². The minimum atomic E-state index is -0.999. The van der Waals surface area contributed by atoms with Crippen molar-refractivity contribution in [1.29, 1.82) is 0 Å². The lowest BCUT2D eigenvalue weighted by Gasteiger charge is -2.24. The van der Waals surface area contributed by atoms with Gasteiger partial charge in [-0.25, -0.2) is 4.98 Å². The second-order valence-electron chi connectivity index (χ2n) is 4.45. The summed E-state index contributed by atoms with van der Waals surface area (Å²) in [5.74, 6) is 1.26. The Labute approximate surface area is 126 Å². The van der Waals surface area contributed by atoms with E-state index in [0.29, 0.717) is 24.0 Å². The van der Waals surface area contributed by atoms with Gasteiger partial charge in [0.1, 0.15) is 10.7 Å². The van der Waals surface area contributed by atoms with Crippen molar-refractivity contribution in [3.05, 3.63) is 11.0 Å². The number of hydrogen-bond acceptors (Lipinski definition) is 5. The van der Waals surface area contributed by atoms with E-state index in [4.69, 9.17) is 16.3 Å². The van der Waals surface area contributed by atoms with Gasteiger partial charge in [-0.1, -0.05) is 13.8 Å². The lowest BCUT2D eigenvalue weighted by Crippen LogP contribution is -2.28. The first-order chi connectivity index (χ1) is 9.74. The van der Waals surface area contributed by atoms with Crippen LogP contribution in [0, 0.1) is 0 Å². The normalized spacial score (nSPS) is 21.9. The molecule has 3 heterocycles. The van der Waals surface area contributed by atoms with Gasteiger partial charge in [0.05, 0.1) is 16.5 Å². The summed E-state index contributed by atoms with van der Waals surface area (Å²) in [6.07, 6.45) is 2.58. The summed E-state index contributed by atoms with van der Waals surface area (Å²) in [4.78, 5) is 9.09. The third-order valence-electron chi connectivity index (χ3n) is 3.22. The molecule has 0 bridgehead atoms. The highest BCUT2D eigenvalue weighted by atomic mass is 35.5. The molecule has 1 N–H and O–H groups in total. The number of hydrogen-bond donors (Lipinski definition) is 1. The Morgan fingerprint density at radius 2 is 2.00 bits per heavy atom. The van der Waals surface area contributed by atoms with Crippen LogP contribution in [-0.4, -0.2) is 39.2 Å². The molecule has 0 spiro atoms. The van der Waals surface area contributed by atoms with Crippen molar-refractivity contribution in [2.75, 3.05) is 24.3 Å². The van der Waals surface area contributed by atoms with Crippen molar-refractivity contribution < 1.29 is 8.95 Å². The Hall–Kier alpha value is -0.720. The molecule has 2 aliphatic rings. The van der Waals surface area contributed by atoms with E-state index in [1.807, 2.05) is 13.8 Å². The topological polar surface area (TPSA) is 64.1 Å². The molecular weight excluding hydrogens is 298 g/mol. The van der Waals surface area contributed by atoms with Gasteiger partial charge in [0, 0.05) is 31.4 Å². The van der Waals surface area contributed by atoms with Crippen LogP contribution in [-0.2, 0) is 22.0 Å². The van der Waals surface area contributed by atoms with Crippen molar-refractivity contribution in [2.45, 2.75) is 44.0 Å². The molecule has 5 nitrogen and oxygen atoms in total. The zero-order valence-corrected chi connectivity index (χ0v) is 13.4. The van der Waals surface area contributed by atoms with Gasteiger partial charge in [0.2, 0.25) is 5.28 Å². The lowest BCUT2D eigenvalue weighted by atomic mass is 10.1. The molecule has 0 saturated carbocycles. The van der Waals surface area contributed by atoms with Crippen LogP contribution >= 0.6 is 11.6 Å². The summed E-state index contributed by atoms with van der Waals surface area (Å²) < 4.78 is 17.3. The molecule has 0 radical (unpaired) electrons. The smallest absolute Gasteiger partial charge is 0.224 e. The van der Waals surface area contributed by atoms with E-state index in [0.717, 1.165) is 36.6 Å². The zero-order valence-electron chi connectivity index (χ0n) is 11.8. The quantitative estimate of drug-likeness (QED) is 0.849.